The minimum atomic E-state index is -0.362. The number of benzene rings is 2. The fourth-order valence-corrected chi connectivity index (χ4v) is 2.25. The lowest BCUT2D eigenvalue weighted by Crippen LogP contribution is -2.12. The molecule has 4 heteroatoms. The molecule has 0 amide bonds. The van der Waals surface area contributed by atoms with Crippen LogP contribution in [0.25, 0.3) is 11.0 Å². The van der Waals surface area contributed by atoms with E-state index in [1.54, 1.807) is 30.6 Å². The Labute approximate surface area is 129 Å². The van der Waals surface area contributed by atoms with E-state index in [1.807, 2.05) is 18.2 Å². The zero-order valence-electron chi connectivity index (χ0n) is 12.9. The zero-order valence-corrected chi connectivity index (χ0v) is 12.9. The lowest BCUT2D eigenvalue weighted by molar-refractivity contribution is 0.0735. The molecule has 0 aliphatic heterocycles. The Kier molecular flexibility index (Phi) is 3.45. The van der Waals surface area contributed by atoms with Gasteiger partial charge in [-0.25, -0.2) is 9.78 Å². The van der Waals surface area contributed by atoms with Crippen molar-refractivity contribution in [2.75, 3.05) is 0 Å². The van der Waals surface area contributed by atoms with Gasteiger partial charge in [0.05, 0.1) is 22.9 Å². The molecule has 2 aromatic carbocycles. The summed E-state index contributed by atoms with van der Waals surface area (Å²) < 4.78 is 5.42. The van der Waals surface area contributed by atoms with Crippen LogP contribution in [0.3, 0.4) is 0 Å². The predicted octanol–water partition coefficient (Wildman–Crippen LogP) is 4.08. The molecule has 0 aliphatic rings. The molecule has 1 aromatic heterocycles. The van der Waals surface area contributed by atoms with E-state index in [9.17, 15) is 4.79 Å². The van der Waals surface area contributed by atoms with E-state index >= 15 is 0 Å². The first-order chi connectivity index (χ1) is 10.4. The second-order valence-corrected chi connectivity index (χ2v) is 6.30. The number of nitrogens with one attached hydrogen (secondary N) is 1. The molecule has 0 spiro atoms. The monoisotopic (exact) mass is 294 g/mol. The van der Waals surface area contributed by atoms with Crippen LogP contribution in [0.15, 0.2) is 48.8 Å². The van der Waals surface area contributed by atoms with Gasteiger partial charge in [-0.05, 0) is 35.2 Å². The van der Waals surface area contributed by atoms with Crippen molar-refractivity contribution in [3.05, 3.63) is 59.9 Å². The second kappa shape index (κ2) is 5.30. The number of ether oxygens (including phenoxy) is 1. The van der Waals surface area contributed by atoms with Gasteiger partial charge in [0, 0.05) is 6.07 Å². The highest BCUT2D eigenvalue weighted by Crippen LogP contribution is 2.23. The Hall–Kier alpha value is -2.62. The molecular formula is C18H18N2O2. The number of nitrogens with zero attached hydrogens (tertiary/aromatic N) is 1. The quantitative estimate of drug-likeness (QED) is 0.572. The minimum Gasteiger partial charge on any atom is -0.423 e. The number of esters is 1. The summed E-state index contributed by atoms with van der Waals surface area (Å²) >= 11 is 0. The molecule has 4 nitrogen and oxygen atoms in total. The molecule has 0 bridgehead atoms. The molecule has 0 fully saturated rings. The van der Waals surface area contributed by atoms with Gasteiger partial charge in [0.25, 0.3) is 0 Å². The van der Waals surface area contributed by atoms with E-state index in [2.05, 4.69) is 30.7 Å². The highest BCUT2D eigenvalue weighted by atomic mass is 16.5. The van der Waals surface area contributed by atoms with Crippen molar-refractivity contribution in [2.45, 2.75) is 26.2 Å². The first kappa shape index (κ1) is 14.3. The summed E-state index contributed by atoms with van der Waals surface area (Å²) in [4.78, 5) is 19.3. The average Bonchev–Trinajstić information content (AvgIpc) is 2.94. The minimum absolute atomic E-state index is 0.0636. The molecule has 0 saturated heterocycles. The molecule has 112 valence electrons. The van der Waals surface area contributed by atoms with Gasteiger partial charge in [0.15, 0.2) is 0 Å². The lowest BCUT2D eigenvalue weighted by Gasteiger charge is -2.18. The third-order valence-electron chi connectivity index (χ3n) is 3.59. The Morgan fingerprint density at radius 2 is 1.82 bits per heavy atom. The van der Waals surface area contributed by atoms with E-state index < -0.39 is 0 Å². The first-order valence-electron chi connectivity index (χ1n) is 7.19. The van der Waals surface area contributed by atoms with E-state index in [0.29, 0.717) is 11.3 Å². The molecule has 0 saturated carbocycles. The van der Waals surface area contributed by atoms with Crippen LogP contribution < -0.4 is 4.74 Å². The third kappa shape index (κ3) is 2.86. The van der Waals surface area contributed by atoms with E-state index in [0.717, 1.165) is 11.0 Å². The van der Waals surface area contributed by atoms with Gasteiger partial charge >= 0.3 is 5.97 Å². The Morgan fingerprint density at radius 1 is 1.09 bits per heavy atom. The highest BCUT2D eigenvalue weighted by molar-refractivity contribution is 5.91. The van der Waals surface area contributed by atoms with Gasteiger partial charge in [0.2, 0.25) is 0 Å². The molecule has 1 heterocycles. The van der Waals surface area contributed by atoms with Crippen molar-refractivity contribution in [1.29, 1.82) is 0 Å². The van der Waals surface area contributed by atoms with Crippen molar-refractivity contribution in [1.82, 2.24) is 9.97 Å². The normalized spacial score (nSPS) is 11.6. The largest absolute Gasteiger partial charge is 0.423 e. The van der Waals surface area contributed by atoms with E-state index in [1.165, 1.54) is 5.56 Å². The number of carbonyl (C=O) groups excluding carboxylic acids is 1. The smallest absolute Gasteiger partial charge is 0.343 e. The Bertz CT molecular complexity index is 811. The molecule has 0 radical (unpaired) electrons. The standard InChI is InChI=1S/C18H18N2O2/c1-18(2,3)13-6-4-12(5-7-13)17(21)22-14-8-9-15-16(10-14)20-11-19-15/h4-11H,1-3H3,(H,19,20). The van der Waals surface area contributed by atoms with Crippen molar-refractivity contribution in [3.8, 4) is 5.75 Å². The summed E-state index contributed by atoms with van der Waals surface area (Å²) in [6.07, 6.45) is 1.61. The van der Waals surface area contributed by atoms with E-state index in [4.69, 9.17) is 4.74 Å². The van der Waals surface area contributed by atoms with Crippen LogP contribution in [0, 0.1) is 0 Å². The zero-order chi connectivity index (χ0) is 15.7. The maximum absolute atomic E-state index is 12.2. The summed E-state index contributed by atoms with van der Waals surface area (Å²) in [5.41, 5.74) is 3.47. The van der Waals surface area contributed by atoms with Crippen LogP contribution in [0.1, 0.15) is 36.7 Å². The Balaban J connectivity index is 1.78. The second-order valence-electron chi connectivity index (χ2n) is 6.30. The molecule has 3 aromatic rings. The highest BCUT2D eigenvalue weighted by Gasteiger charge is 2.15. The number of fused-ring (bicyclic) bond motifs is 1. The summed E-state index contributed by atoms with van der Waals surface area (Å²) in [5, 5.41) is 0. The van der Waals surface area contributed by atoms with Gasteiger partial charge in [-0.15, -0.1) is 0 Å². The van der Waals surface area contributed by atoms with Gasteiger partial charge < -0.3 is 9.72 Å². The maximum Gasteiger partial charge on any atom is 0.343 e. The molecule has 1 N–H and O–H groups in total. The predicted molar refractivity (Wildman–Crippen MR) is 86.2 cm³/mol. The molecule has 3 rings (SSSR count). The van der Waals surface area contributed by atoms with Crippen LogP contribution in [-0.2, 0) is 5.41 Å². The molecule has 0 unspecified atom stereocenters. The number of aromatic amines is 1. The molecule has 22 heavy (non-hydrogen) atoms. The SMILES string of the molecule is CC(C)(C)c1ccc(C(=O)Oc2ccc3nc[nH]c3c2)cc1. The Morgan fingerprint density at radius 3 is 2.50 bits per heavy atom. The number of hydrogen-bond donors (Lipinski definition) is 1. The number of aromatic nitrogens is 2. The number of rotatable bonds is 2. The number of carbonyl (C=O) groups is 1. The summed E-state index contributed by atoms with van der Waals surface area (Å²) in [5.74, 6) is 0.140. The number of H-pyrrole nitrogens is 1. The fourth-order valence-electron chi connectivity index (χ4n) is 2.25. The van der Waals surface area contributed by atoms with Crippen LogP contribution in [0.5, 0.6) is 5.75 Å². The van der Waals surface area contributed by atoms with Crippen LogP contribution in [0.4, 0.5) is 0 Å². The van der Waals surface area contributed by atoms with Crippen molar-refractivity contribution in [3.63, 3.8) is 0 Å². The van der Waals surface area contributed by atoms with Gasteiger partial charge in [-0.1, -0.05) is 32.9 Å². The molecule has 0 aliphatic carbocycles. The van der Waals surface area contributed by atoms with Crippen molar-refractivity contribution < 1.29 is 9.53 Å². The molecular weight excluding hydrogens is 276 g/mol. The average molecular weight is 294 g/mol. The van der Waals surface area contributed by atoms with Gasteiger partial charge in [-0.2, -0.15) is 0 Å². The van der Waals surface area contributed by atoms with E-state index in [-0.39, 0.29) is 11.4 Å². The first-order valence-corrected chi connectivity index (χ1v) is 7.19. The third-order valence-corrected chi connectivity index (χ3v) is 3.59. The van der Waals surface area contributed by atoms with Crippen molar-refractivity contribution >= 4 is 17.0 Å². The van der Waals surface area contributed by atoms with Crippen LogP contribution in [-0.4, -0.2) is 15.9 Å². The van der Waals surface area contributed by atoms with Crippen molar-refractivity contribution in [2.24, 2.45) is 0 Å². The number of hydrogen-bond acceptors (Lipinski definition) is 3. The van der Waals surface area contributed by atoms with Gasteiger partial charge in [0.1, 0.15) is 5.75 Å². The summed E-state index contributed by atoms with van der Waals surface area (Å²) in [6, 6.07) is 12.9. The van der Waals surface area contributed by atoms with Crippen LogP contribution in [0.2, 0.25) is 0 Å². The summed E-state index contributed by atoms with van der Waals surface area (Å²) in [7, 11) is 0. The number of imidazole rings is 1. The summed E-state index contributed by atoms with van der Waals surface area (Å²) in [6.45, 7) is 6.42. The fraction of sp³-hybridized carbons (Fsp3) is 0.222. The lowest BCUT2D eigenvalue weighted by atomic mass is 9.87. The topological polar surface area (TPSA) is 55.0 Å². The molecule has 0 atom stereocenters. The van der Waals surface area contributed by atoms with Crippen LogP contribution >= 0.6 is 0 Å². The van der Waals surface area contributed by atoms with Gasteiger partial charge in [-0.3, -0.25) is 0 Å². The maximum atomic E-state index is 12.2.